The predicted molar refractivity (Wildman–Crippen MR) is 101 cm³/mol. The number of ether oxygens (including phenoxy) is 1. The standard InChI is InChI=1S/C18H18F4N4O3S/c1-11-15-7-14(8-23-16(15)26(2)24-11)30(27,28)25-13-5-3-4-12(6-13)9-29-10-18(21,22)17(19)20/h3-8,17,25H,9-10H2,1-2H3. The van der Waals surface area contributed by atoms with Crippen molar-refractivity contribution in [2.45, 2.75) is 30.8 Å². The van der Waals surface area contributed by atoms with E-state index in [9.17, 15) is 26.0 Å². The molecule has 162 valence electrons. The molecule has 1 aromatic carbocycles. The van der Waals surface area contributed by atoms with Gasteiger partial charge in [0.25, 0.3) is 10.0 Å². The number of halogens is 4. The number of fused-ring (bicyclic) bond motifs is 1. The molecule has 0 spiro atoms. The monoisotopic (exact) mass is 446 g/mol. The lowest BCUT2D eigenvalue weighted by Gasteiger charge is -2.15. The van der Waals surface area contributed by atoms with Crippen molar-refractivity contribution in [3.63, 3.8) is 0 Å². The number of aryl methyl sites for hydroxylation is 2. The van der Waals surface area contributed by atoms with Gasteiger partial charge in [0.15, 0.2) is 5.65 Å². The van der Waals surface area contributed by atoms with Gasteiger partial charge in [0.05, 0.1) is 12.3 Å². The Labute approximate surface area is 169 Å². The van der Waals surface area contributed by atoms with Crippen LogP contribution in [-0.4, -0.2) is 42.1 Å². The van der Waals surface area contributed by atoms with Gasteiger partial charge in [0.2, 0.25) is 0 Å². The zero-order valence-corrected chi connectivity index (χ0v) is 16.8. The highest BCUT2D eigenvalue weighted by Crippen LogP contribution is 2.24. The van der Waals surface area contributed by atoms with Crippen LogP contribution in [0.3, 0.4) is 0 Å². The van der Waals surface area contributed by atoms with Crippen LogP contribution in [0.25, 0.3) is 11.0 Å². The maximum atomic E-state index is 12.9. The third-order valence-corrected chi connectivity index (χ3v) is 5.56. The summed E-state index contributed by atoms with van der Waals surface area (Å²) < 4.78 is 84.1. The summed E-state index contributed by atoms with van der Waals surface area (Å²) in [5.41, 5.74) is 1.64. The number of nitrogens with one attached hydrogen (secondary N) is 1. The highest BCUT2D eigenvalue weighted by Gasteiger charge is 2.40. The number of sulfonamides is 1. The van der Waals surface area contributed by atoms with Gasteiger partial charge >= 0.3 is 12.3 Å². The molecule has 30 heavy (non-hydrogen) atoms. The van der Waals surface area contributed by atoms with Crippen molar-refractivity contribution in [2.24, 2.45) is 7.05 Å². The van der Waals surface area contributed by atoms with Crippen LogP contribution in [0.4, 0.5) is 23.2 Å². The van der Waals surface area contributed by atoms with Crippen LogP contribution in [0.2, 0.25) is 0 Å². The van der Waals surface area contributed by atoms with Gasteiger partial charge in [-0.2, -0.15) is 13.9 Å². The number of rotatable bonds is 8. The number of alkyl halides is 4. The van der Waals surface area contributed by atoms with E-state index in [1.54, 1.807) is 14.0 Å². The van der Waals surface area contributed by atoms with Crippen molar-refractivity contribution in [1.29, 1.82) is 0 Å². The van der Waals surface area contributed by atoms with Gasteiger partial charge in [0.1, 0.15) is 11.5 Å². The Hall–Kier alpha value is -2.73. The number of hydrogen-bond acceptors (Lipinski definition) is 5. The average Bonchev–Trinajstić information content (AvgIpc) is 2.95. The molecule has 0 aliphatic heterocycles. The fourth-order valence-corrected chi connectivity index (χ4v) is 3.76. The Balaban J connectivity index is 1.74. The van der Waals surface area contributed by atoms with Crippen LogP contribution in [-0.2, 0) is 28.4 Å². The largest absolute Gasteiger partial charge is 0.370 e. The third kappa shape index (κ3) is 4.70. The Morgan fingerprint density at radius 3 is 2.70 bits per heavy atom. The van der Waals surface area contributed by atoms with Crippen molar-refractivity contribution in [3.05, 3.63) is 47.8 Å². The molecule has 0 unspecified atom stereocenters. The maximum absolute atomic E-state index is 12.9. The molecule has 2 heterocycles. The molecule has 3 rings (SSSR count). The van der Waals surface area contributed by atoms with E-state index in [0.29, 0.717) is 22.3 Å². The summed E-state index contributed by atoms with van der Waals surface area (Å²) >= 11 is 0. The summed E-state index contributed by atoms with van der Waals surface area (Å²) in [6.45, 7) is -0.105. The second kappa shape index (κ2) is 8.19. The summed E-state index contributed by atoms with van der Waals surface area (Å²) in [4.78, 5) is 4.05. The van der Waals surface area contributed by atoms with Crippen molar-refractivity contribution >= 4 is 26.7 Å². The van der Waals surface area contributed by atoms with E-state index in [-0.39, 0.29) is 17.2 Å². The normalized spacial score (nSPS) is 12.6. The van der Waals surface area contributed by atoms with Crippen LogP contribution in [0.15, 0.2) is 41.4 Å². The second-order valence-corrected chi connectivity index (χ2v) is 8.29. The molecule has 1 N–H and O–H groups in total. The van der Waals surface area contributed by atoms with Crippen molar-refractivity contribution in [2.75, 3.05) is 11.3 Å². The quantitative estimate of drug-likeness (QED) is 0.536. The van der Waals surface area contributed by atoms with E-state index in [1.807, 2.05) is 0 Å². The summed E-state index contributed by atoms with van der Waals surface area (Å²) in [6, 6.07) is 7.24. The van der Waals surface area contributed by atoms with Gasteiger partial charge < -0.3 is 4.74 Å². The summed E-state index contributed by atoms with van der Waals surface area (Å²) in [5.74, 6) is -4.25. The average molecular weight is 446 g/mol. The molecule has 0 aliphatic rings. The summed E-state index contributed by atoms with van der Waals surface area (Å²) in [5, 5.41) is 4.78. The van der Waals surface area contributed by atoms with E-state index in [1.165, 1.54) is 41.2 Å². The lowest BCUT2D eigenvalue weighted by atomic mass is 10.2. The Morgan fingerprint density at radius 1 is 1.27 bits per heavy atom. The first kappa shape index (κ1) is 22.0. The van der Waals surface area contributed by atoms with Gasteiger partial charge in [-0.1, -0.05) is 12.1 Å². The van der Waals surface area contributed by atoms with Crippen molar-refractivity contribution < 1.29 is 30.7 Å². The number of aromatic nitrogens is 3. The Kier molecular flexibility index (Phi) is 5.99. The molecule has 0 fully saturated rings. The number of benzene rings is 1. The SMILES string of the molecule is Cc1nn(C)c2ncc(S(=O)(=O)Nc3cccc(COCC(F)(F)C(F)F)c3)cc12. The first-order valence-electron chi connectivity index (χ1n) is 8.64. The molecule has 2 aromatic heterocycles. The predicted octanol–water partition coefficient (Wildman–Crippen LogP) is 3.49. The fraction of sp³-hybridized carbons (Fsp3) is 0.333. The molecular formula is C18H18F4N4O3S. The molecule has 0 amide bonds. The lowest BCUT2D eigenvalue weighted by Crippen LogP contribution is -2.32. The molecule has 12 heteroatoms. The maximum Gasteiger partial charge on any atom is 0.330 e. The van der Waals surface area contributed by atoms with Gasteiger partial charge in [-0.05, 0) is 30.7 Å². The van der Waals surface area contributed by atoms with Crippen LogP contribution in [0.1, 0.15) is 11.3 Å². The van der Waals surface area contributed by atoms with E-state index >= 15 is 0 Å². The van der Waals surface area contributed by atoms with Crippen molar-refractivity contribution in [1.82, 2.24) is 14.8 Å². The molecule has 0 radical (unpaired) electrons. The zero-order valence-electron chi connectivity index (χ0n) is 15.9. The van der Waals surface area contributed by atoms with Gasteiger partial charge in [-0.15, -0.1) is 0 Å². The first-order chi connectivity index (χ1) is 14.0. The molecule has 0 aliphatic carbocycles. The first-order valence-corrected chi connectivity index (χ1v) is 10.1. The molecule has 3 aromatic rings. The Bertz CT molecular complexity index is 1170. The van der Waals surface area contributed by atoms with Gasteiger partial charge in [-0.25, -0.2) is 22.2 Å². The van der Waals surface area contributed by atoms with Crippen LogP contribution >= 0.6 is 0 Å². The Morgan fingerprint density at radius 2 is 2.00 bits per heavy atom. The van der Waals surface area contributed by atoms with Crippen molar-refractivity contribution in [3.8, 4) is 0 Å². The summed E-state index contributed by atoms with van der Waals surface area (Å²) in [6.07, 6.45) is -2.63. The number of anilines is 1. The van der Waals surface area contributed by atoms with Crippen LogP contribution in [0, 0.1) is 6.92 Å². The molecule has 0 saturated carbocycles. The fourth-order valence-electron chi connectivity index (χ4n) is 2.74. The van der Waals surface area contributed by atoms with Gasteiger partial charge in [0, 0.05) is 24.3 Å². The van der Waals surface area contributed by atoms with Gasteiger partial charge in [-0.3, -0.25) is 9.40 Å². The molecule has 0 saturated heterocycles. The number of pyridine rings is 1. The van der Waals surface area contributed by atoms with E-state index in [4.69, 9.17) is 0 Å². The molecule has 0 atom stereocenters. The molecule has 0 bridgehead atoms. The van der Waals surface area contributed by atoms with Crippen LogP contribution < -0.4 is 4.72 Å². The second-order valence-electron chi connectivity index (χ2n) is 6.61. The number of hydrogen-bond donors (Lipinski definition) is 1. The number of nitrogens with zero attached hydrogens (tertiary/aromatic N) is 3. The minimum atomic E-state index is -4.25. The highest BCUT2D eigenvalue weighted by atomic mass is 32.2. The van der Waals surface area contributed by atoms with Crippen LogP contribution in [0.5, 0.6) is 0 Å². The lowest BCUT2D eigenvalue weighted by molar-refractivity contribution is -0.168. The van der Waals surface area contributed by atoms with E-state index < -0.39 is 29.0 Å². The minimum absolute atomic E-state index is 0.0793. The van der Waals surface area contributed by atoms with E-state index in [0.717, 1.165) is 0 Å². The molecular weight excluding hydrogens is 428 g/mol. The topological polar surface area (TPSA) is 86.1 Å². The summed E-state index contributed by atoms with van der Waals surface area (Å²) in [7, 11) is -2.30. The zero-order chi connectivity index (χ0) is 22.1. The highest BCUT2D eigenvalue weighted by molar-refractivity contribution is 7.92. The smallest absolute Gasteiger partial charge is 0.330 e. The third-order valence-electron chi connectivity index (χ3n) is 4.21. The minimum Gasteiger partial charge on any atom is -0.370 e. The van der Waals surface area contributed by atoms with E-state index in [2.05, 4.69) is 19.5 Å². The molecule has 7 nitrogen and oxygen atoms in total.